The molecule has 1 rings (SSSR count). The van der Waals surface area contributed by atoms with Crippen molar-refractivity contribution >= 4 is 11.6 Å². The topological polar surface area (TPSA) is 9.23 Å². The number of hydrogen-bond acceptors (Lipinski definition) is 1. The molecule has 0 aliphatic rings. The van der Waals surface area contributed by atoms with Crippen LogP contribution in [0.4, 0.5) is 0 Å². The fourth-order valence-corrected chi connectivity index (χ4v) is 1.75. The number of halogens is 1. The quantitative estimate of drug-likeness (QED) is 0.704. The number of benzene rings is 1. The summed E-state index contributed by atoms with van der Waals surface area (Å²) >= 11 is 6.14. The third-order valence-electron chi connectivity index (χ3n) is 2.50. The molecular formula is C15H19ClO. The van der Waals surface area contributed by atoms with Crippen molar-refractivity contribution in [3.8, 4) is 17.6 Å². The van der Waals surface area contributed by atoms with Crippen LogP contribution in [0.1, 0.15) is 37.8 Å². The van der Waals surface area contributed by atoms with Gasteiger partial charge in [0.2, 0.25) is 0 Å². The maximum absolute atomic E-state index is 6.14. The molecule has 0 heterocycles. The second kappa shape index (κ2) is 7.25. The Morgan fingerprint density at radius 1 is 1.35 bits per heavy atom. The van der Waals surface area contributed by atoms with Gasteiger partial charge in [0, 0.05) is 11.4 Å². The number of hydrogen-bond donors (Lipinski definition) is 0. The second-order valence-electron chi connectivity index (χ2n) is 3.98. The smallest absolute Gasteiger partial charge is 0.122 e. The summed E-state index contributed by atoms with van der Waals surface area (Å²) in [6.45, 7) is 6.70. The summed E-state index contributed by atoms with van der Waals surface area (Å²) in [6.07, 6.45) is 2.74. The normalized spacial score (nSPS) is 9.65. The van der Waals surface area contributed by atoms with Crippen LogP contribution in [0.3, 0.4) is 0 Å². The van der Waals surface area contributed by atoms with E-state index in [-0.39, 0.29) is 0 Å². The van der Waals surface area contributed by atoms with Crippen molar-refractivity contribution in [2.75, 3.05) is 6.61 Å². The molecule has 0 bridgehead atoms. The van der Waals surface area contributed by atoms with Gasteiger partial charge in [-0.1, -0.05) is 18.5 Å². The molecule has 0 fully saturated rings. The average molecular weight is 251 g/mol. The van der Waals surface area contributed by atoms with Gasteiger partial charge >= 0.3 is 0 Å². The molecule has 0 radical (unpaired) electrons. The SMILES string of the molecule is CC#CCCc1cc(Cl)c(C)cc1OCCC. The van der Waals surface area contributed by atoms with Crippen molar-refractivity contribution in [1.29, 1.82) is 0 Å². The highest BCUT2D eigenvalue weighted by Crippen LogP contribution is 2.27. The molecule has 0 saturated heterocycles. The van der Waals surface area contributed by atoms with Gasteiger partial charge in [0.05, 0.1) is 6.61 Å². The minimum absolute atomic E-state index is 0.744. The highest BCUT2D eigenvalue weighted by atomic mass is 35.5. The molecule has 1 aromatic carbocycles. The molecule has 2 heteroatoms. The molecule has 17 heavy (non-hydrogen) atoms. The lowest BCUT2D eigenvalue weighted by Gasteiger charge is -2.12. The van der Waals surface area contributed by atoms with Crippen molar-refractivity contribution < 1.29 is 4.74 Å². The molecule has 0 N–H and O–H groups in total. The van der Waals surface area contributed by atoms with E-state index in [0.29, 0.717) is 0 Å². The van der Waals surface area contributed by atoms with Crippen LogP contribution in [0.25, 0.3) is 0 Å². The number of aryl methyl sites for hydroxylation is 2. The van der Waals surface area contributed by atoms with Gasteiger partial charge in [-0.3, -0.25) is 0 Å². The molecule has 92 valence electrons. The molecule has 0 aromatic heterocycles. The first-order valence-electron chi connectivity index (χ1n) is 6.00. The van der Waals surface area contributed by atoms with Gasteiger partial charge in [0.1, 0.15) is 5.75 Å². The maximum Gasteiger partial charge on any atom is 0.122 e. The van der Waals surface area contributed by atoms with Crippen molar-refractivity contribution in [3.05, 3.63) is 28.3 Å². The zero-order chi connectivity index (χ0) is 12.7. The summed E-state index contributed by atoms with van der Waals surface area (Å²) in [4.78, 5) is 0. The van der Waals surface area contributed by atoms with Gasteiger partial charge in [0.25, 0.3) is 0 Å². The van der Waals surface area contributed by atoms with Crippen LogP contribution >= 0.6 is 11.6 Å². The highest BCUT2D eigenvalue weighted by molar-refractivity contribution is 6.31. The molecule has 1 aromatic rings. The van der Waals surface area contributed by atoms with Gasteiger partial charge < -0.3 is 4.74 Å². The molecular weight excluding hydrogens is 232 g/mol. The summed E-state index contributed by atoms with van der Waals surface area (Å²) in [5.41, 5.74) is 2.21. The molecule has 0 atom stereocenters. The first-order valence-corrected chi connectivity index (χ1v) is 6.38. The fourth-order valence-electron chi connectivity index (χ4n) is 1.56. The van der Waals surface area contributed by atoms with E-state index >= 15 is 0 Å². The highest BCUT2D eigenvalue weighted by Gasteiger charge is 2.07. The van der Waals surface area contributed by atoms with E-state index in [4.69, 9.17) is 16.3 Å². The molecule has 0 aliphatic carbocycles. The van der Waals surface area contributed by atoms with Crippen molar-refractivity contribution in [1.82, 2.24) is 0 Å². The Bertz CT molecular complexity index is 427. The van der Waals surface area contributed by atoms with Crippen LogP contribution in [-0.2, 0) is 6.42 Å². The predicted octanol–water partition coefficient (Wildman–Crippen LogP) is 4.39. The molecule has 0 unspecified atom stereocenters. The largest absolute Gasteiger partial charge is 0.493 e. The van der Waals surface area contributed by atoms with Gasteiger partial charge in [-0.25, -0.2) is 0 Å². The lowest BCUT2D eigenvalue weighted by Crippen LogP contribution is -2.00. The van der Waals surface area contributed by atoms with E-state index in [2.05, 4.69) is 18.8 Å². The Hall–Kier alpha value is -1.13. The number of rotatable bonds is 5. The van der Waals surface area contributed by atoms with E-state index in [1.807, 2.05) is 26.0 Å². The fraction of sp³-hybridized carbons (Fsp3) is 0.467. The third kappa shape index (κ3) is 4.32. The van der Waals surface area contributed by atoms with Crippen molar-refractivity contribution in [2.24, 2.45) is 0 Å². The van der Waals surface area contributed by atoms with Crippen LogP contribution in [0, 0.1) is 18.8 Å². The number of ether oxygens (including phenoxy) is 1. The summed E-state index contributed by atoms with van der Waals surface area (Å²) in [5, 5.41) is 0.799. The average Bonchev–Trinajstić information content (AvgIpc) is 2.32. The Labute approximate surface area is 109 Å². The molecule has 0 spiro atoms. The zero-order valence-electron chi connectivity index (χ0n) is 10.8. The Morgan fingerprint density at radius 3 is 2.76 bits per heavy atom. The summed E-state index contributed by atoms with van der Waals surface area (Å²) in [7, 11) is 0. The van der Waals surface area contributed by atoms with Crippen molar-refractivity contribution in [3.63, 3.8) is 0 Å². The van der Waals surface area contributed by atoms with Crippen LogP contribution in [0.15, 0.2) is 12.1 Å². The molecule has 0 saturated carbocycles. The van der Waals surface area contributed by atoms with Gasteiger partial charge in [-0.05, 0) is 49.9 Å². The standard InChI is InChI=1S/C15H19ClO/c1-4-6-7-8-13-11-14(16)12(3)10-15(13)17-9-5-2/h10-11H,5,7-9H2,1-3H3. The monoisotopic (exact) mass is 250 g/mol. The summed E-state index contributed by atoms with van der Waals surface area (Å²) < 4.78 is 5.75. The van der Waals surface area contributed by atoms with E-state index < -0.39 is 0 Å². The minimum Gasteiger partial charge on any atom is -0.493 e. The lowest BCUT2D eigenvalue weighted by atomic mass is 10.1. The van der Waals surface area contributed by atoms with Crippen LogP contribution < -0.4 is 4.74 Å². The maximum atomic E-state index is 6.14. The van der Waals surface area contributed by atoms with E-state index in [9.17, 15) is 0 Å². The van der Waals surface area contributed by atoms with Crippen LogP contribution in [-0.4, -0.2) is 6.61 Å². The van der Waals surface area contributed by atoms with E-state index in [1.54, 1.807) is 0 Å². The first kappa shape index (κ1) is 13.9. The summed E-state index contributed by atoms with van der Waals surface area (Å²) in [5.74, 6) is 6.92. The first-order chi connectivity index (χ1) is 8.19. The molecule has 0 aliphatic heterocycles. The van der Waals surface area contributed by atoms with Gasteiger partial charge in [-0.15, -0.1) is 11.8 Å². The lowest BCUT2D eigenvalue weighted by molar-refractivity contribution is 0.314. The van der Waals surface area contributed by atoms with Gasteiger partial charge in [-0.2, -0.15) is 0 Å². The second-order valence-corrected chi connectivity index (χ2v) is 4.39. The molecule has 1 nitrogen and oxygen atoms in total. The van der Waals surface area contributed by atoms with E-state index in [0.717, 1.165) is 47.8 Å². The Morgan fingerprint density at radius 2 is 2.12 bits per heavy atom. The molecule has 0 amide bonds. The zero-order valence-corrected chi connectivity index (χ0v) is 11.5. The van der Waals surface area contributed by atoms with Crippen molar-refractivity contribution in [2.45, 2.75) is 40.0 Å². The van der Waals surface area contributed by atoms with Gasteiger partial charge in [0.15, 0.2) is 0 Å². The Kier molecular flexibility index (Phi) is 5.94. The minimum atomic E-state index is 0.744. The van der Waals surface area contributed by atoms with Crippen LogP contribution in [0.5, 0.6) is 5.75 Å². The van der Waals surface area contributed by atoms with E-state index in [1.165, 1.54) is 0 Å². The third-order valence-corrected chi connectivity index (χ3v) is 2.91. The summed E-state index contributed by atoms with van der Waals surface area (Å²) in [6, 6.07) is 4.02. The Balaban J connectivity index is 2.88. The van der Waals surface area contributed by atoms with Crippen LogP contribution in [0.2, 0.25) is 5.02 Å². The predicted molar refractivity (Wildman–Crippen MR) is 73.7 cm³/mol.